The molecule has 1 aliphatic carbocycles. The first-order valence-corrected chi connectivity index (χ1v) is 9.22. The van der Waals surface area contributed by atoms with Crippen LogP contribution in [0.15, 0.2) is 48.5 Å². The molecule has 0 radical (unpaired) electrons. The molecule has 0 spiro atoms. The topological polar surface area (TPSA) is 70.4 Å². The summed E-state index contributed by atoms with van der Waals surface area (Å²) in [6.07, 6.45) is 2.60. The van der Waals surface area contributed by atoms with E-state index in [4.69, 9.17) is 10.00 Å². The van der Waals surface area contributed by atoms with Crippen molar-refractivity contribution in [2.24, 2.45) is 17.8 Å². The SMILES string of the molecule is C[C@@H]1CC[C@@H]2C(=O)N(c3ccc(Oc4ccc(C#N)cc4)cc3)C(=O)[C@@H]2C1. The van der Waals surface area contributed by atoms with Gasteiger partial charge in [-0.3, -0.25) is 14.5 Å². The molecule has 2 amide bonds. The van der Waals surface area contributed by atoms with E-state index in [1.165, 1.54) is 4.90 Å². The summed E-state index contributed by atoms with van der Waals surface area (Å²) in [4.78, 5) is 26.9. The number of nitriles is 1. The Balaban J connectivity index is 1.51. The van der Waals surface area contributed by atoms with Gasteiger partial charge in [0, 0.05) is 0 Å². The van der Waals surface area contributed by atoms with Gasteiger partial charge in [-0.05, 0) is 73.7 Å². The molecule has 1 saturated carbocycles. The number of carbonyl (C=O) groups excluding carboxylic acids is 2. The first-order valence-electron chi connectivity index (χ1n) is 9.22. The Bertz CT molecular complexity index is 912. The van der Waals surface area contributed by atoms with Crippen molar-refractivity contribution in [3.63, 3.8) is 0 Å². The Labute approximate surface area is 158 Å². The Morgan fingerprint density at radius 3 is 2.15 bits per heavy atom. The number of hydrogen-bond acceptors (Lipinski definition) is 4. The highest BCUT2D eigenvalue weighted by Crippen LogP contribution is 2.42. The van der Waals surface area contributed by atoms with Gasteiger partial charge < -0.3 is 4.74 Å². The van der Waals surface area contributed by atoms with E-state index in [0.717, 1.165) is 19.3 Å². The Hall–Kier alpha value is -3.13. The lowest BCUT2D eigenvalue weighted by molar-refractivity contribution is -0.122. The number of rotatable bonds is 3. The van der Waals surface area contributed by atoms with Crippen LogP contribution >= 0.6 is 0 Å². The molecule has 3 atom stereocenters. The number of ether oxygens (including phenoxy) is 1. The molecule has 1 aliphatic heterocycles. The summed E-state index contributed by atoms with van der Waals surface area (Å²) in [6.45, 7) is 2.14. The van der Waals surface area contributed by atoms with Crippen LogP contribution < -0.4 is 9.64 Å². The second-order valence-electron chi connectivity index (χ2n) is 7.38. The average molecular weight is 360 g/mol. The summed E-state index contributed by atoms with van der Waals surface area (Å²) in [5, 5.41) is 8.84. The summed E-state index contributed by atoms with van der Waals surface area (Å²) in [7, 11) is 0. The number of fused-ring (bicyclic) bond motifs is 1. The summed E-state index contributed by atoms with van der Waals surface area (Å²) < 4.78 is 5.76. The van der Waals surface area contributed by atoms with E-state index in [2.05, 4.69) is 13.0 Å². The summed E-state index contributed by atoms with van der Waals surface area (Å²) in [5.74, 6) is 1.24. The first kappa shape index (κ1) is 17.3. The third-order valence-electron chi connectivity index (χ3n) is 5.50. The molecule has 0 bridgehead atoms. The lowest BCUT2D eigenvalue weighted by Crippen LogP contribution is -2.30. The fourth-order valence-electron chi connectivity index (χ4n) is 4.04. The molecular formula is C22H20N2O3. The number of benzene rings is 2. The predicted molar refractivity (Wildman–Crippen MR) is 100 cm³/mol. The van der Waals surface area contributed by atoms with Gasteiger partial charge in [-0.25, -0.2) is 0 Å². The highest BCUT2D eigenvalue weighted by molar-refractivity contribution is 6.22. The minimum absolute atomic E-state index is 0.0716. The van der Waals surface area contributed by atoms with E-state index in [1.54, 1.807) is 48.5 Å². The lowest BCUT2D eigenvalue weighted by atomic mass is 9.76. The number of imide groups is 1. The average Bonchev–Trinajstić information content (AvgIpc) is 2.93. The highest BCUT2D eigenvalue weighted by Gasteiger charge is 2.49. The van der Waals surface area contributed by atoms with Gasteiger partial charge in [-0.15, -0.1) is 0 Å². The molecule has 5 heteroatoms. The highest BCUT2D eigenvalue weighted by atomic mass is 16.5. The van der Waals surface area contributed by atoms with Crippen LogP contribution in [-0.2, 0) is 9.59 Å². The molecule has 2 aromatic rings. The van der Waals surface area contributed by atoms with Crippen LogP contribution in [0.5, 0.6) is 11.5 Å². The van der Waals surface area contributed by atoms with Gasteiger partial charge in [0.15, 0.2) is 0 Å². The van der Waals surface area contributed by atoms with Crippen LogP contribution in [0, 0.1) is 29.1 Å². The number of hydrogen-bond donors (Lipinski definition) is 0. The molecule has 2 aliphatic rings. The summed E-state index contributed by atoms with van der Waals surface area (Å²) >= 11 is 0. The predicted octanol–water partition coefficient (Wildman–Crippen LogP) is 4.28. The number of carbonyl (C=O) groups is 2. The van der Waals surface area contributed by atoms with Crippen LogP contribution in [0.2, 0.25) is 0 Å². The van der Waals surface area contributed by atoms with Crippen LogP contribution in [0.25, 0.3) is 0 Å². The van der Waals surface area contributed by atoms with E-state index in [9.17, 15) is 9.59 Å². The third-order valence-corrected chi connectivity index (χ3v) is 5.50. The lowest BCUT2D eigenvalue weighted by Gasteiger charge is -2.25. The van der Waals surface area contributed by atoms with Crippen molar-refractivity contribution in [1.29, 1.82) is 5.26 Å². The maximum absolute atomic E-state index is 12.8. The number of nitrogens with zero attached hydrogens (tertiary/aromatic N) is 2. The summed E-state index contributed by atoms with van der Waals surface area (Å²) in [5.41, 5.74) is 1.17. The fraction of sp³-hybridized carbons (Fsp3) is 0.318. The Morgan fingerprint density at radius 1 is 0.926 bits per heavy atom. The maximum Gasteiger partial charge on any atom is 0.237 e. The standard InChI is InChI=1S/C22H20N2O3/c1-14-2-11-19-20(12-14)22(26)24(21(19)25)16-5-9-18(10-6-16)27-17-7-3-15(13-23)4-8-17/h3-10,14,19-20H,2,11-12H2,1H3/t14-,19+,20-/m1/s1. The smallest absolute Gasteiger partial charge is 0.237 e. The minimum atomic E-state index is -0.171. The maximum atomic E-state index is 12.8. The zero-order valence-electron chi connectivity index (χ0n) is 15.1. The summed E-state index contributed by atoms with van der Waals surface area (Å²) in [6, 6.07) is 15.9. The normalized spacial score (nSPS) is 24.4. The van der Waals surface area contributed by atoms with E-state index >= 15 is 0 Å². The molecule has 0 unspecified atom stereocenters. The molecule has 4 rings (SSSR count). The van der Waals surface area contributed by atoms with Crippen molar-refractivity contribution in [3.05, 3.63) is 54.1 Å². The van der Waals surface area contributed by atoms with Crippen molar-refractivity contribution < 1.29 is 14.3 Å². The van der Waals surface area contributed by atoms with E-state index in [0.29, 0.717) is 28.7 Å². The van der Waals surface area contributed by atoms with Gasteiger partial charge >= 0.3 is 0 Å². The number of amides is 2. The largest absolute Gasteiger partial charge is 0.457 e. The van der Waals surface area contributed by atoms with Gasteiger partial charge in [0.25, 0.3) is 0 Å². The second-order valence-corrected chi connectivity index (χ2v) is 7.38. The third kappa shape index (κ3) is 3.19. The molecule has 0 N–H and O–H groups in total. The Kier molecular flexibility index (Phi) is 4.41. The molecule has 2 fully saturated rings. The van der Waals surface area contributed by atoms with Gasteiger partial charge in [-0.1, -0.05) is 6.92 Å². The fourth-order valence-corrected chi connectivity index (χ4v) is 4.04. The van der Waals surface area contributed by atoms with Gasteiger partial charge in [0.2, 0.25) is 11.8 Å². The molecule has 1 heterocycles. The zero-order chi connectivity index (χ0) is 19.0. The van der Waals surface area contributed by atoms with Gasteiger partial charge in [-0.2, -0.15) is 5.26 Å². The van der Waals surface area contributed by atoms with E-state index in [1.807, 2.05) is 0 Å². The van der Waals surface area contributed by atoms with Crippen LogP contribution in [0.4, 0.5) is 5.69 Å². The molecule has 5 nitrogen and oxygen atoms in total. The molecular weight excluding hydrogens is 340 g/mol. The second kappa shape index (κ2) is 6.88. The van der Waals surface area contributed by atoms with Crippen molar-refractivity contribution in [2.75, 3.05) is 4.90 Å². The van der Waals surface area contributed by atoms with E-state index in [-0.39, 0.29) is 23.7 Å². The monoisotopic (exact) mass is 360 g/mol. The van der Waals surface area contributed by atoms with Crippen molar-refractivity contribution in [3.8, 4) is 17.6 Å². The van der Waals surface area contributed by atoms with Crippen molar-refractivity contribution in [2.45, 2.75) is 26.2 Å². The van der Waals surface area contributed by atoms with Gasteiger partial charge in [0.05, 0.1) is 29.2 Å². The molecule has 1 saturated heterocycles. The first-order chi connectivity index (χ1) is 13.1. The van der Waals surface area contributed by atoms with Crippen molar-refractivity contribution in [1.82, 2.24) is 0 Å². The Morgan fingerprint density at radius 2 is 1.52 bits per heavy atom. The molecule has 136 valence electrons. The van der Waals surface area contributed by atoms with Crippen LogP contribution in [0.1, 0.15) is 31.7 Å². The molecule has 2 aromatic carbocycles. The zero-order valence-corrected chi connectivity index (χ0v) is 15.1. The minimum Gasteiger partial charge on any atom is -0.457 e. The molecule has 0 aromatic heterocycles. The number of anilines is 1. The van der Waals surface area contributed by atoms with E-state index < -0.39 is 0 Å². The van der Waals surface area contributed by atoms with Crippen LogP contribution in [-0.4, -0.2) is 11.8 Å². The van der Waals surface area contributed by atoms with Gasteiger partial charge in [0.1, 0.15) is 11.5 Å². The van der Waals surface area contributed by atoms with Crippen LogP contribution in [0.3, 0.4) is 0 Å². The van der Waals surface area contributed by atoms with Crippen molar-refractivity contribution >= 4 is 17.5 Å². The molecule has 27 heavy (non-hydrogen) atoms. The quantitative estimate of drug-likeness (QED) is 0.766.